The molecule has 20 heavy (non-hydrogen) atoms. The van der Waals surface area contributed by atoms with Gasteiger partial charge in [-0.3, -0.25) is 9.59 Å². The van der Waals surface area contributed by atoms with Crippen LogP contribution in [0.1, 0.15) is 24.8 Å². The van der Waals surface area contributed by atoms with Gasteiger partial charge in [0.1, 0.15) is 0 Å². The highest BCUT2D eigenvalue weighted by molar-refractivity contribution is 7.10. The fourth-order valence-corrected chi connectivity index (χ4v) is 3.18. The van der Waals surface area contributed by atoms with Gasteiger partial charge in [-0.1, -0.05) is 6.07 Å². The minimum atomic E-state index is 0.0698. The van der Waals surface area contributed by atoms with Crippen molar-refractivity contribution in [3.8, 4) is 0 Å². The number of carbonyl (C=O) groups excluding carboxylic acids is 2. The average molecular weight is 296 g/mol. The lowest BCUT2D eigenvalue weighted by molar-refractivity contribution is -0.896. The summed E-state index contributed by atoms with van der Waals surface area (Å²) >= 11 is 1.66. The van der Waals surface area contributed by atoms with Crippen LogP contribution in [0.15, 0.2) is 17.5 Å². The van der Waals surface area contributed by atoms with Crippen molar-refractivity contribution in [2.75, 3.05) is 32.7 Å². The Bertz CT molecular complexity index is 453. The van der Waals surface area contributed by atoms with E-state index in [2.05, 4.69) is 5.32 Å². The van der Waals surface area contributed by atoms with Crippen molar-refractivity contribution in [1.29, 1.82) is 0 Å². The Morgan fingerprint density at radius 1 is 1.45 bits per heavy atom. The SMILES string of the molecule is CC(=O)N1CC[NH+](CC(=O)N[C@@H](C)c2cccs2)CC1. The second-order valence-electron chi connectivity index (χ2n) is 5.24. The zero-order valence-electron chi connectivity index (χ0n) is 12.0. The standard InChI is InChI=1S/C14H21N3O2S/c1-11(13-4-3-9-20-13)15-14(19)10-16-5-7-17(8-6-16)12(2)18/h3-4,9,11H,5-8,10H2,1-2H3,(H,15,19)/p+1/t11-/m0/s1. The smallest absolute Gasteiger partial charge is 0.275 e. The van der Waals surface area contributed by atoms with E-state index >= 15 is 0 Å². The molecule has 1 saturated heterocycles. The van der Waals surface area contributed by atoms with E-state index in [4.69, 9.17) is 0 Å². The number of carbonyl (C=O) groups is 2. The molecule has 0 unspecified atom stereocenters. The fraction of sp³-hybridized carbons (Fsp3) is 0.571. The van der Waals surface area contributed by atoms with Crippen LogP contribution in [0.3, 0.4) is 0 Å². The summed E-state index contributed by atoms with van der Waals surface area (Å²) < 4.78 is 0. The van der Waals surface area contributed by atoms with Gasteiger partial charge in [0.25, 0.3) is 5.91 Å². The molecule has 1 aromatic heterocycles. The number of hydrogen-bond donors (Lipinski definition) is 2. The summed E-state index contributed by atoms with van der Waals surface area (Å²) in [6.45, 7) is 7.28. The number of nitrogens with one attached hydrogen (secondary N) is 2. The minimum Gasteiger partial charge on any atom is -0.344 e. The lowest BCUT2D eigenvalue weighted by Crippen LogP contribution is -3.15. The molecule has 0 aromatic carbocycles. The summed E-state index contributed by atoms with van der Waals surface area (Å²) in [4.78, 5) is 27.5. The number of nitrogens with zero attached hydrogens (tertiary/aromatic N) is 1. The van der Waals surface area contributed by atoms with E-state index in [0.717, 1.165) is 26.2 Å². The zero-order chi connectivity index (χ0) is 14.5. The second-order valence-corrected chi connectivity index (χ2v) is 6.22. The van der Waals surface area contributed by atoms with Crippen LogP contribution in [-0.4, -0.2) is 49.4 Å². The average Bonchev–Trinajstić information content (AvgIpc) is 2.93. The van der Waals surface area contributed by atoms with Crippen molar-refractivity contribution in [1.82, 2.24) is 10.2 Å². The first-order valence-electron chi connectivity index (χ1n) is 6.98. The van der Waals surface area contributed by atoms with E-state index in [1.165, 1.54) is 9.78 Å². The van der Waals surface area contributed by atoms with Crippen LogP contribution in [0.2, 0.25) is 0 Å². The Morgan fingerprint density at radius 3 is 2.70 bits per heavy atom. The molecule has 0 aliphatic carbocycles. The molecule has 0 bridgehead atoms. The molecule has 0 saturated carbocycles. The molecular formula is C14H22N3O2S+. The molecule has 1 aliphatic heterocycles. The Hall–Kier alpha value is -1.40. The molecule has 1 fully saturated rings. The van der Waals surface area contributed by atoms with E-state index in [1.54, 1.807) is 18.3 Å². The van der Waals surface area contributed by atoms with Crippen molar-refractivity contribution in [3.63, 3.8) is 0 Å². The van der Waals surface area contributed by atoms with Crippen molar-refractivity contribution in [2.45, 2.75) is 19.9 Å². The number of amides is 2. The Balaban J connectivity index is 1.74. The van der Waals surface area contributed by atoms with E-state index in [1.807, 2.05) is 29.3 Å². The van der Waals surface area contributed by atoms with Gasteiger partial charge >= 0.3 is 0 Å². The molecular weight excluding hydrogens is 274 g/mol. The van der Waals surface area contributed by atoms with E-state index in [9.17, 15) is 9.59 Å². The number of thiophene rings is 1. The molecule has 1 aliphatic rings. The number of piperazine rings is 1. The van der Waals surface area contributed by atoms with Gasteiger partial charge < -0.3 is 15.1 Å². The Labute approximate surface area is 123 Å². The fourth-order valence-electron chi connectivity index (χ4n) is 2.44. The van der Waals surface area contributed by atoms with Gasteiger partial charge in [-0.05, 0) is 18.4 Å². The van der Waals surface area contributed by atoms with Gasteiger partial charge in [-0.15, -0.1) is 11.3 Å². The Kier molecular flexibility index (Phi) is 5.14. The summed E-state index contributed by atoms with van der Waals surface area (Å²) in [5, 5.41) is 5.05. The van der Waals surface area contributed by atoms with Crippen LogP contribution in [0.5, 0.6) is 0 Å². The maximum atomic E-state index is 12.0. The molecule has 2 rings (SSSR count). The first kappa shape index (κ1) is 15.0. The molecule has 2 amide bonds. The minimum absolute atomic E-state index is 0.0698. The summed E-state index contributed by atoms with van der Waals surface area (Å²) in [7, 11) is 0. The third kappa shape index (κ3) is 4.05. The van der Waals surface area contributed by atoms with E-state index < -0.39 is 0 Å². The highest BCUT2D eigenvalue weighted by Gasteiger charge is 2.23. The molecule has 2 N–H and O–H groups in total. The topological polar surface area (TPSA) is 53.9 Å². The molecule has 2 heterocycles. The van der Waals surface area contributed by atoms with Crippen LogP contribution < -0.4 is 10.2 Å². The highest BCUT2D eigenvalue weighted by atomic mass is 32.1. The number of rotatable bonds is 4. The maximum absolute atomic E-state index is 12.0. The third-order valence-electron chi connectivity index (χ3n) is 3.67. The first-order chi connectivity index (χ1) is 9.56. The zero-order valence-corrected chi connectivity index (χ0v) is 12.8. The van der Waals surface area contributed by atoms with Crippen LogP contribution >= 0.6 is 11.3 Å². The lowest BCUT2D eigenvalue weighted by Gasteiger charge is -2.31. The molecule has 0 spiro atoms. The molecule has 110 valence electrons. The predicted molar refractivity (Wildman–Crippen MR) is 78.7 cm³/mol. The van der Waals surface area contributed by atoms with Crippen LogP contribution in [-0.2, 0) is 9.59 Å². The molecule has 1 aromatic rings. The summed E-state index contributed by atoms with van der Waals surface area (Å²) in [5.41, 5.74) is 0. The largest absolute Gasteiger partial charge is 0.344 e. The quantitative estimate of drug-likeness (QED) is 0.800. The van der Waals surface area contributed by atoms with Crippen molar-refractivity contribution in [3.05, 3.63) is 22.4 Å². The van der Waals surface area contributed by atoms with Gasteiger partial charge in [0.05, 0.1) is 32.2 Å². The van der Waals surface area contributed by atoms with Crippen LogP contribution in [0, 0.1) is 0 Å². The van der Waals surface area contributed by atoms with Gasteiger partial charge in [0.15, 0.2) is 6.54 Å². The van der Waals surface area contributed by atoms with Crippen molar-refractivity contribution < 1.29 is 14.5 Å². The van der Waals surface area contributed by atoms with E-state index in [0.29, 0.717) is 6.54 Å². The molecule has 6 heteroatoms. The van der Waals surface area contributed by atoms with Crippen molar-refractivity contribution >= 4 is 23.2 Å². The first-order valence-corrected chi connectivity index (χ1v) is 7.86. The highest BCUT2D eigenvalue weighted by Crippen LogP contribution is 2.17. The van der Waals surface area contributed by atoms with Gasteiger partial charge in [0.2, 0.25) is 5.91 Å². The van der Waals surface area contributed by atoms with Gasteiger partial charge in [0, 0.05) is 11.8 Å². The third-order valence-corrected chi connectivity index (χ3v) is 4.73. The summed E-state index contributed by atoms with van der Waals surface area (Å²) in [6.07, 6.45) is 0. The monoisotopic (exact) mass is 296 g/mol. The normalized spacial score (nSPS) is 17.8. The molecule has 5 nitrogen and oxygen atoms in total. The summed E-state index contributed by atoms with van der Waals surface area (Å²) in [5.74, 6) is 0.206. The van der Waals surface area contributed by atoms with Crippen LogP contribution in [0.25, 0.3) is 0 Å². The Morgan fingerprint density at radius 2 is 2.15 bits per heavy atom. The summed E-state index contributed by atoms with van der Waals surface area (Å²) in [6, 6.07) is 4.10. The maximum Gasteiger partial charge on any atom is 0.275 e. The van der Waals surface area contributed by atoms with E-state index in [-0.39, 0.29) is 17.9 Å². The van der Waals surface area contributed by atoms with Gasteiger partial charge in [-0.25, -0.2) is 0 Å². The van der Waals surface area contributed by atoms with Gasteiger partial charge in [-0.2, -0.15) is 0 Å². The second kappa shape index (κ2) is 6.85. The predicted octanol–water partition coefficient (Wildman–Crippen LogP) is -0.328. The molecule has 1 atom stereocenters. The lowest BCUT2D eigenvalue weighted by atomic mass is 10.2. The van der Waals surface area contributed by atoms with Crippen LogP contribution in [0.4, 0.5) is 0 Å². The number of hydrogen-bond acceptors (Lipinski definition) is 3. The van der Waals surface area contributed by atoms with Crippen molar-refractivity contribution in [2.24, 2.45) is 0 Å². The molecule has 0 radical (unpaired) electrons. The number of quaternary nitrogens is 1.